The molecule has 0 N–H and O–H groups in total. The van der Waals surface area contributed by atoms with E-state index < -0.39 is 0 Å². The summed E-state index contributed by atoms with van der Waals surface area (Å²) in [7, 11) is 1.85. The number of aryl methyl sites for hydroxylation is 2. The first-order valence-electron chi connectivity index (χ1n) is 7.23. The summed E-state index contributed by atoms with van der Waals surface area (Å²) in [6.45, 7) is 5.51. The van der Waals surface area contributed by atoms with E-state index in [0.717, 1.165) is 11.3 Å². The van der Waals surface area contributed by atoms with Crippen molar-refractivity contribution in [3.8, 4) is 0 Å². The largest absolute Gasteiger partial charge is 0.324 e. The molecule has 3 rings (SSSR count). The maximum atomic E-state index is 12.7. The molecule has 0 aromatic heterocycles. The fourth-order valence-electron chi connectivity index (χ4n) is 2.97. The van der Waals surface area contributed by atoms with Gasteiger partial charge >= 0.3 is 6.03 Å². The molecule has 0 saturated heterocycles. The van der Waals surface area contributed by atoms with Crippen molar-refractivity contribution in [3.63, 3.8) is 0 Å². The van der Waals surface area contributed by atoms with Crippen molar-refractivity contribution < 1.29 is 4.79 Å². The van der Waals surface area contributed by atoms with E-state index in [1.807, 2.05) is 43.1 Å². The highest BCUT2D eigenvalue weighted by atomic mass is 16.2. The van der Waals surface area contributed by atoms with E-state index in [2.05, 4.69) is 25.1 Å². The number of hydrogen-bond donors (Lipinski definition) is 0. The van der Waals surface area contributed by atoms with Gasteiger partial charge in [0, 0.05) is 25.8 Å². The zero-order valence-corrected chi connectivity index (χ0v) is 12.8. The molecule has 3 heteroatoms. The standard InChI is InChI=1S/C18H20N2O/c1-13-8-9-17(14(2)10-13)19(3)18(21)20-11-15-6-4-5-7-16(15)12-20/h4-10H,11-12H2,1-3H3. The van der Waals surface area contributed by atoms with E-state index in [0.29, 0.717) is 13.1 Å². The number of anilines is 1. The molecule has 108 valence electrons. The summed E-state index contributed by atoms with van der Waals surface area (Å²) < 4.78 is 0. The van der Waals surface area contributed by atoms with Crippen LogP contribution in [0.15, 0.2) is 42.5 Å². The highest BCUT2D eigenvalue weighted by Gasteiger charge is 2.26. The monoisotopic (exact) mass is 280 g/mol. The topological polar surface area (TPSA) is 23.6 Å². The van der Waals surface area contributed by atoms with Crippen molar-refractivity contribution in [3.05, 3.63) is 64.7 Å². The molecule has 3 nitrogen and oxygen atoms in total. The number of urea groups is 1. The molecular formula is C18H20N2O. The van der Waals surface area contributed by atoms with Crippen molar-refractivity contribution in [1.29, 1.82) is 0 Å². The molecule has 2 aromatic rings. The van der Waals surface area contributed by atoms with E-state index in [9.17, 15) is 4.79 Å². The smallest absolute Gasteiger partial charge is 0.316 e. The van der Waals surface area contributed by atoms with Crippen LogP contribution in [0.1, 0.15) is 22.3 Å². The summed E-state index contributed by atoms with van der Waals surface area (Å²) in [6.07, 6.45) is 0. The molecule has 0 fully saturated rings. The van der Waals surface area contributed by atoms with Gasteiger partial charge in [-0.1, -0.05) is 42.0 Å². The maximum absolute atomic E-state index is 12.7. The van der Waals surface area contributed by atoms with Gasteiger partial charge in [0.25, 0.3) is 0 Å². The van der Waals surface area contributed by atoms with Crippen LogP contribution in [0.25, 0.3) is 0 Å². The van der Waals surface area contributed by atoms with Crippen LogP contribution in [0.4, 0.5) is 10.5 Å². The van der Waals surface area contributed by atoms with Gasteiger partial charge in [-0.2, -0.15) is 0 Å². The van der Waals surface area contributed by atoms with E-state index in [-0.39, 0.29) is 6.03 Å². The van der Waals surface area contributed by atoms with Gasteiger partial charge in [-0.25, -0.2) is 4.79 Å². The van der Waals surface area contributed by atoms with Gasteiger partial charge in [0.1, 0.15) is 0 Å². The lowest BCUT2D eigenvalue weighted by molar-refractivity contribution is 0.206. The highest BCUT2D eigenvalue weighted by molar-refractivity contribution is 5.92. The molecule has 0 saturated carbocycles. The second-order valence-corrected chi connectivity index (χ2v) is 5.76. The number of benzene rings is 2. The zero-order chi connectivity index (χ0) is 15.0. The molecule has 21 heavy (non-hydrogen) atoms. The van der Waals surface area contributed by atoms with Crippen LogP contribution in [0.3, 0.4) is 0 Å². The number of carbonyl (C=O) groups excluding carboxylic acids is 1. The fourth-order valence-corrected chi connectivity index (χ4v) is 2.97. The lowest BCUT2D eigenvalue weighted by atomic mass is 10.1. The third kappa shape index (κ3) is 2.51. The van der Waals surface area contributed by atoms with Crippen LogP contribution in [-0.2, 0) is 13.1 Å². The lowest BCUT2D eigenvalue weighted by Crippen LogP contribution is -2.38. The quantitative estimate of drug-likeness (QED) is 0.777. The Morgan fingerprint density at radius 1 is 1.05 bits per heavy atom. The van der Waals surface area contributed by atoms with Crippen LogP contribution >= 0.6 is 0 Å². The van der Waals surface area contributed by atoms with Crippen molar-refractivity contribution in [1.82, 2.24) is 4.90 Å². The summed E-state index contributed by atoms with van der Waals surface area (Å²) in [5.74, 6) is 0. The molecule has 0 bridgehead atoms. The minimum atomic E-state index is 0.0538. The Hall–Kier alpha value is -2.29. The third-order valence-corrected chi connectivity index (χ3v) is 4.11. The molecule has 2 aromatic carbocycles. The third-order valence-electron chi connectivity index (χ3n) is 4.11. The summed E-state index contributed by atoms with van der Waals surface area (Å²) >= 11 is 0. The predicted octanol–water partition coefficient (Wildman–Crippen LogP) is 3.88. The van der Waals surface area contributed by atoms with Gasteiger partial charge < -0.3 is 4.90 Å². The van der Waals surface area contributed by atoms with Crippen LogP contribution in [0.5, 0.6) is 0 Å². The number of hydrogen-bond acceptors (Lipinski definition) is 1. The molecule has 2 amide bonds. The summed E-state index contributed by atoms with van der Waals surface area (Å²) in [5.41, 5.74) is 5.81. The lowest BCUT2D eigenvalue weighted by Gasteiger charge is -2.25. The number of carbonyl (C=O) groups is 1. The van der Waals surface area contributed by atoms with Crippen molar-refractivity contribution in [2.75, 3.05) is 11.9 Å². The van der Waals surface area contributed by atoms with Gasteiger partial charge in [0.15, 0.2) is 0 Å². The van der Waals surface area contributed by atoms with Gasteiger partial charge in [-0.3, -0.25) is 4.90 Å². The SMILES string of the molecule is Cc1ccc(N(C)C(=O)N2Cc3ccccc3C2)c(C)c1. The van der Waals surface area contributed by atoms with E-state index in [1.165, 1.54) is 16.7 Å². The molecule has 0 aliphatic carbocycles. The van der Waals surface area contributed by atoms with E-state index >= 15 is 0 Å². The molecule has 0 unspecified atom stereocenters. The molecular weight excluding hydrogens is 260 g/mol. The van der Waals surface area contributed by atoms with Gasteiger partial charge in [-0.05, 0) is 36.6 Å². The first-order valence-corrected chi connectivity index (χ1v) is 7.23. The number of amides is 2. The normalized spacial score (nSPS) is 13.2. The number of nitrogens with zero attached hydrogens (tertiary/aromatic N) is 2. The van der Waals surface area contributed by atoms with E-state index in [1.54, 1.807) is 4.90 Å². The zero-order valence-electron chi connectivity index (χ0n) is 12.8. The molecule has 0 radical (unpaired) electrons. The van der Waals surface area contributed by atoms with Crippen LogP contribution < -0.4 is 4.90 Å². The molecule has 1 heterocycles. The van der Waals surface area contributed by atoms with Crippen molar-refractivity contribution in [2.45, 2.75) is 26.9 Å². The Labute approximate surface area is 125 Å². The first-order chi connectivity index (χ1) is 10.1. The van der Waals surface area contributed by atoms with Crippen molar-refractivity contribution in [2.24, 2.45) is 0 Å². The minimum absolute atomic E-state index is 0.0538. The molecule has 0 atom stereocenters. The average molecular weight is 280 g/mol. The van der Waals surface area contributed by atoms with Crippen LogP contribution in [0.2, 0.25) is 0 Å². The first kappa shape index (κ1) is 13.7. The van der Waals surface area contributed by atoms with Gasteiger partial charge in [0.05, 0.1) is 0 Å². The number of rotatable bonds is 1. The van der Waals surface area contributed by atoms with E-state index in [4.69, 9.17) is 0 Å². The highest BCUT2D eigenvalue weighted by Crippen LogP contribution is 2.26. The number of fused-ring (bicyclic) bond motifs is 1. The summed E-state index contributed by atoms with van der Waals surface area (Å²) in [6, 6.07) is 14.5. The maximum Gasteiger partial charge on any atom is 0.324 e. The second-order valence-electron chi connectivity index (χ2n) is 5.76. The minimum Gasteiger partial charge on any atom is -0.316 e. The summed E-state index contributed by atoms with van der Waals surface area (Å²) in [4.78, 5) is 16.3. The molecule has 1 aliphatic rings. The van der Waals surface area contributed by atoms with Crippen LogP contribution in [0, 0.1) is 13.8 Å². The van der Waals surface area contributed by atoms with Gasteiger partial charge in [-0.15, -0.1) is 0 Å². The van der Waals surface area contributed by atoms with Crippen LogP contribution in [-0.4, -0.2) is 18.0 Å². The Morgan fingerprint density at radius 3 is 2.24 bits per heavy atom. The fraction of sp³-hybridized carbons (Fsp3) is 0.278. The average Bonchev–Trinajstić information content (AvgIpc) is 2.89. The predicted molar refractivity (Wildman–Crippen MR) is 85.4 cm³/mol. The van der Waals surface area contributed by atoms with Crippen molar-refractivity contribution >= 4 is 11.7 Å². The summed E-state index contributed by atoms with van der Waals surface area (Å²) in [5, 5.41) is 0. The molecule has 1 aliphatic heterocycles. The Morgan fingerprint density at radius 2 is 1.67 bits per heavy atom. The van der Waals surface area contributed by atoms with Gasteiger partial charge in [0.2, 0.25) is 0 Å². The second kappa shape index (κ2) is 5.24. The Bertz CT molecular complexity index is 668. The Balaban J connectivity index is 1.80. The molecule has 0 spiro atoms. The Kier molecular flexibility index (Phi) is 3.42.